The average Bonchev–Trinajstić information content (AvgIpc) is 2.99. The maximum atomic E-state index is 13.9. The fourth-order valence-electron chi connectivity index (χ4n) is 2.79. The number of rotatable bonds is 7. The van der Waals surface area contributed by atoms with E-state index >= 15 is 0 Å². The summed E-state index contributed by atoms with van der Waals surface area (Å²) in [5.41, 5.74) is 0.0729. The Bertz CT molecular complexity index is 539. The second-order valence-corrected chi connectivity index (χ2v) is 6.74. The Labute approximate surface area is 170 Å². The van der Waals surface area contributed by atoms with Crippen LogP contribution in [-0.4, -0.2) is 50.2 Å². The van der Waals surface area contributed by atoms with E-state index in [-0.39, 0.29) is 35.7 Å². The van der Waals surface area contributed by atoms with Gasteiger partial charge in [-0.15, -0.1) is 24.0 Å². The van der Waals surface area contributed by atoms with Crippen LogP contribution in [0.5, 0.6) is 0 Å². The van der Waals surface area contributed by atoms with E-state index in [0.29, 0.717) is 13.1 Å². The highest BCUT2D eigenvalue weighted by atomic mass is 127. The number of aliphatic imine (C=N–C) groups is 1. The van der Waals surface area contributed by atoms with E-state index in [1.807, 2.05) is 18.7 Å². The molecule has 8 heteroatoms. The number of hydrogen-bond acceptors (Lipinski definition) is 3. The minimum absolute atomic E-state index is 0. The monoisotopic (exact) mass is 484 g/mol. The minimum atomic E-state index is -0.506. The van der Waals surface area contributed by atoms with Crippen LogP contribution in [0.2, 0.25) is 0 Å². The third-order valence-electron chi connectivity index (χ3n) is 3.90. The van der Waals surface area contributed by atoms with Crippen molar-refractivity contribution in [3.63, 3.8) is 0 Å². The zero-order valence-corrected chi connectivity index (χ0v) is 17.9. The molecule has 2 N–H and O–H groups in total. The van der Waals surface area contributed by atoms with Gasteiger partial charge < -0.3 is 15.5 Å². The first-order valence-electron chi connectivity index (χ1n) is 8.38. The van der Waals surface area contributed by atoms with E-state index in [4.69, 9.17) is 0 Å². The van der Waals surface area contributed by atoms with E-state index in [1.54, 1.807) is 4.90 Å². The summed E-state index contributed by atoms with van der Waals surface area (Å²) in [7, 11) is 0. The van der Waals surface area contributed by atoms with Crippen LogP contribution in [0.15, 0.2) is 23.2 Å². The molecule has 0 aromatic heterocycles. The summed E-state index contributed by atoms with van der Waals surface area (Å²) in [5, 5.41) is 6.61. The molecule has 1 aliphatic rings. The molecule has 1 heterocycles. The van der Waals surface area contributed by atoms with Crippen LogP contribution in [0, 0.1) is 11.6 Å². The maximum absolute atomic E-state index is 13.9. The van der Waals surface area contributed by atoms with E-state index in [9.17, 15) is 8.78 Å². The van der Waals surface area contributed by atoms with Gasteiger partial charge in [-0.1, -0.05) is 6.07 Å². The molecule has 1 aromatic rings. The van der Waals surface area contributed by atoms with Crippen molar-refractivity contribution < 1.29 is 8.78 Å². The fraction of sp³-hybridized carbons (Fsp3) is 0.588. The van der Waals surface area contributed by atoms with E-state index < -0.39 is 11.6 Å². The number of thioether (sulfide) groups is 1. The highest BCUT2D eigenvalue weighted by Crippen LogP contribution is 2.26. The maximum Gasteiger partial charge on any atom is 0.191 e. The van der Waals surface area contributed by atoms with Gasteiger partial charge in [0.05, 0.1) is 0 Å². The Balaban J connectivity index is 0.00000312. The van der Waals surface area contributed by atoms with Crippen LogP contribution < -0.4 is 15.5 Å². The number of guanidine groups is 1. The summed E-state index contributed by atoms with van der Waals surface area (Å²) >= 11 is 1.81. The van der Waals surface area contributed by atoms with Gasteiger partial charge in [0.25, 0.3) is 0 Å². The van der Waals surface area contributed by atoms with Crippen molar-refractivity contribution in [2.75, 3.05) is 43.1 Å². The first-order chi connectivity index (χ1) is 11.7. The van der Waals surface area contributed by atoms with Gasteiger partial charge >= 0.3 is 0 Å². The zero-order chi connectivity index (χ0) is 17.4. The van der Waals surface area contributed by atoms with Gasteiger partial charge in [0.2, 0.25) is 0 Å². The second kappa shape index (κ2) is 11.8. The Hall–Kier alpha value is -0.770. The molecule has 142 valence electrons. The van der Waals surface area contributed by atoms with Crippen LogP contribution in [0.3, 0.4) is 0 Å². The molecule has 1 aliphatic heterocycles. The molecule has 1 atom stereocenters. The largest absolute Gasteiger partial charge is 0.365 e. The summed E-state index contributed by atoms with van der Waals surface area (Å²) < 4.78 is 27.8. The smallest absolute Gasteiger partial charge is 0.191 e. The molecule has 1 fully saturated rings. The average molecular weight is 484 g/mol. The van der Waals surface area contributed by atoms with E-state index in [2.05, 4.69) is 21.9 Å². The molecule has 0 saturated carbocycles. The summed E-state index contributed by atoms with van der Waals surface area (Å²) in [6.45, 7) is 4.77. The van der Waals surface area contributed by atoms with Crippen molar-refractivity contribution in [2.45, 2.75) is 25.8 Å². The third-order valence-corrected chi connectivity index (χ3v) is 4.60. The van der Waals surface area contributed by atoms with E-state index in [1.165, 1.54) is 18.2 Å². The Kier molecular flexibility index (Phi) is 10.5. The predicted octanol–water partition coefficient (Wildman–Crippen LogP) is 3.47. The molecule has 0 amide bonds. The minimum Gasteiger partial charge on any atom is -0.365 e. The number of anilines is 1. The fourth-order valence-corrected chi connectivity index (χ4v) is 3.20. The van der Waals surface area contributed by atoms with Gasteiger partial charge in [0, 0.05) is 32.2 Å². The van der Waals surface area contributed by atoms with Crippen molar-refractivity contribution in [3.05, 3.63) is 29.8 Å². The van der Waals surface area contributed by atoms with Gasteiger partial charge in [-0.05, 0) is 43.9 Å². The van der Waals surface area contributed by atoms with Crippen molar-refractivity contribution in [3.8, 4) is 0 Å². The van der Waals surface area contributed by atoms with Crippen LogP contribution in [0.25, 0.3) is 0 Å². The van der Waals surface area contributed by atoms with Crippen LogP contribution >= 0.6 is 35.7 Å². The molecule has 4 nitrogen and oxygen atoms in total. The number of halogens is 3. The topological polar surface area (TPSA) is 39.7 Å². The van der Waals surface area contributed by atoms with Gasteiger partial charge in [0.15, 0.2) is 5.96 Å². The quantitative estimate of drug-likeness (QED) is 0.269. The molecule has 1 saturated heterocycles. The van der Waals surface area contributed by atoms with Crippen molar-refractivity contribution >= 4 is 47.4 Å². The SMILES string of the molecule is CCNC(=NCCCSC)NC1CCN(c2c(F)cccc2F)C1.I. The lowest BCUT2D eigenvalue weighted by Gasteiger charge is -2.21. The number of nitrogens with one attached hydrogen (secondary N) is 2. The second-order valence-electron chi connectivity index (χ2n) is 5.75. The Morgan fingerprint density at radius 1 is 1.36 bits per heavy atom. The molecule has 2 rings (SSSR count). The zero-order valence-electron chi connectivity index (χ0n) is 14.7. The standard InChI is InChI=1S/C17H26F2N4S.HI/c1-3-20-17(21-9-5-11-24-2)22-13-8-10-23(12-13)16-14(18)6-4-7-15(16)19;/h4,6-7,13H,3,5,8-12H2,1-2H3,(H2,20,21,22);1H. The number of benzene rings is 1. The molecule has 1 unspecified atom stereocenters. The molecular weight excluding hydrogens is 457 g/mol. The molecule has 25 heavy (non-hydrogen) atoms. The highest BCUT2D eigenvalue weighted by Gasteiger charge is 2.27. The molecule has 0 aliphatic carbocycles. The highest BCUT2D eigenvalue weighted by molar-refractivity contribution is 14.0. The van der Waals surface area contributed by atoms with Crippen LogP contribution in [0.1, 0.15) is 19.8 Å². The third kappa shape index (κ3) is 6.80. The lowest BCUT2D eigenvalue weighted by atomic mass is 10.2. The lowest BCUT2D eigenvalue weighted by molar-refractivity contribution is 0.576. The van der Waals surface area contributed by atoms with Crippen molar-refractivity contribution in [2.24, 2.45) is 4.99 Å². The molecule has 0 bridgehead atoms. The van der Waals surface area contributed by atoms with Gasteiger partial charge in [-0.2, -0.15) is 11.8 Å². The predicted molar refractivity (Wildman–Crippen MR) is 115 cm³/mol. The summed E-state index contributed by atoms with van der Waals surface area (Å²) in [4.78, 5) is 6.33. The number of nitrogens with zero attached hydrogens (tertiary/aromatic N) is 2. The first kappa shape index (κ1) is 22.3. The Morgan fingerprint density at radius 2 is 2.08 bits per heavy atom. The van der Waals surface area contributed by atoms with Crippen LogP contribution in [0.4, 0.5) is 14.5 Å². The molecule has 1 aromatic carbocycles. The van der Waals surface area contributed by atoms with Crippen molar-refractivity contribution in [1.29, 1.82) is 0 Å². The van der Waals surface area contributed by atoms with E-state index in [0.717, 1.165) is 37.6 Å². The molecule has 0 spiro atoms. The normalized spacial score (nSPS) is 17.4. The number of hydrogen-bond donors (Lipinski definition) is 2. The lowest BCUT2D eigenvalue weighted by Crippen LogP contribution is -2.44. The summed E-state index contributed by atoms with van der Waals surface area (Å²) in [6.07, 6.45) is 3.94. The number of para-hydroxylation sites is 1. The first-order valence-corrected chi connectivity index (χ1v) is 9.77. The van der Waals surface area contributed by atoms with Gasteiger partial charge in [0.1, 0.15) is 17.3 Å². The summed E-state index contributed by atoms with van der Waals surface area (Å²) in [5.74, 6) is 0.855. The van der Waals surface area contributed by atoms with Crippen LogP contribution in [-0.2, 0) is 0 Å². The van der Waals surface area contributed by atoms with Gasteiger partial charge in [-0.3, -0.25) is 4.99 Å². The molecular formula is C17H27F2IN4S. The molecule has 0 radical (unpaired) electrons. The van der Waals surface area contributed by atoms with Crippen molar-refractivity contribution in [1.82, 2.24) is 10.6 Å². The Morgan fingerprint density at radius 3 is 2.72 bits per heavy atom. The summed E-state index contributed by atoms with van der Waals surface area (Å²) in [6, 6.07) is 4.12. The van der Waals surface area contributed by atoms with Gasteiger partial charge in [-0.25, -0.2) is 8.78 Å².